The van der Waals surface area contributed by atoms with Crippen molar-refractivity contribution in [3.05, 3.63) is 136 Å². The third-order valence-corrected chi connectivity index (χ3v) is 9.89. The van der Waals surface area contributed by atoms with Crippen molar-refractivity contribution in [1.29, 1.82) is 10.5 Å². The Morgan fingerprint density at radius 1 is 0.816 bits per heavy atom. The van der Waals surface area contributed by atoms with Gasteiger partial charge in [0.2, 0.25) is 0 Å². The van der Waals surface area contributed by atoms with Gasteiger partial charge in [0.15, 0.2) is 0 Å². The molecule has 5 aromatic carbocycles. The smallest absolute Gasteiger partial charge is 0.338 e. The molecule has 1 N–H and O–H groups in total. The number of hydrogen-bond acceptors (Lipinski definition) is 5. The second-order valence-electron chi connectivity index (χ2n) is 10.7. The zero-order valence-corrected chi connectivity index (χ0v) is 26.2. The molecule has 0 unspecified atom stereocenters. The van der Waals surface area contributed by atoms with Crippen molar-refractivity contribution < 1.29 is 35.9 Å². The predicted molar refractivity (Wildman–Crippen MR) is 174 cm³/mol. The summed E-state index contributed by atoms with van der Waals surface area (Å²) in [4.78, 5) is 11.1. The molecule has 6 rings (SSSR count). The van der Waals surface area contributed by atoms with Crippen LogP contribution in [0.5, 0.6) is 0 Å². The van der Waals surface area contributed by atoms with Gasteiger partial charge >= 0.3 is 5.97 Å². The lowest BCUT2D eigenvalue weighted by atomic mass is 9.90. The Morgan fingerprint density at radius 2 is 1.45 bits per heavy atom. The number of nitrogens with zero attached hydrogens (tertiary/aromatic N) is 3. The van der Waals surface area contributed by atoms with Gasteiger partial charge in [-0.2, -0.15) is 10.5 Å². The van der Waals surface area contributed by atoms with Crippen LogP contribution in [-0.2, 0) is 10.0 Å². The second-order valence-corrected chi connectivity index (χ2v) is 12.9. The maximum Gasteiger partial charge on any atom is 0.338 e. The van der Waals surface area contributed by atoms with Crippen LogP contribution in [0.3, 0.4) is 0 Å². The number of fused-ring (bicyclic) bond motifs is 1. The molecule has 0 spiro atoms. The first-order valence-corrected chi connectivity index (χ1v) is 15.9. The SMILES string of the molecule is N#Cc1cccc(C#N)c1-c1c(-c2cccc(-c3cc(F)c(C(=O)O)cc3Cl)c2)n(S(=O)(=O)c2ccc(C(F)F)cc2)c2ccc(F)cc12. The minimum atomic E-state index is -4.70. The number of rotatable bonds is 7. The van der Waals surface area contributed by atoms with E-state index in [1.807, 2.05) is 12.1 Å². The zero-order chi connectivity index (χ0) is 35.2. The highest BCUT2D eigenvalue weighted by molar-refractivity contribution is 7.90. The third-order valence-electron chi connectivity index (χ3n) is 7.85. The van der Waals surface area contributed by atoms with Crippen LogP contribution < -0.4 is 0 Å². The van der Waals surface area contributed by atoms with Gasteiger partial charge < -0.3 is 5.11 Å². The highest BCUT2D eigenvalue weighted by Crippen LogP contribution is 2.46. The molecule has 49 heavy (non-hydrogen) atoms. The molecule has 1 heterocycles. The standard InChI is InChI=1S/C36H18ClF4N3O4S/c37-29-15-27(36(45)46)30(39)16-26(29)20-3-1-4-21(13-20)34-33(32-22(17-42)5-2-6-23(32)18-43)28-14-24(38)9-12-31(28)44(34)49(47,48)25-10-7-19(8-11-25)35(40)41/h1-16,35H,(H,45,46). The molecule has 0 aliphatic rings. The van der Waals surface area contributed by atoms with E-state index >= 15 is 0 Å². The second kappa shape index (κ2) is 12.6. The lowest BCUT2D eigenvalue weighted by molar-refractivity contribution is 0.0692. The van der Waals surface area contributed by atoms with Crippen molar-refractivity contribution in [1.82, 2.24) is 3.97 Å². The zero-order valence-electron chi connectivity index (χ0n) is 24.6. The molecule has 0 radical (unpaired) electrons. The molecule has 0 aliphatic heterocycles. The number of alkyl halides is 2. The molecule has 0 fully saturated rings. The number of hydrogen-bond donors (Lipinski definition) is 1. The van der Waals surface area contributed by atoms with Crippen molar-refractivity contribution >= 4 is 38.5 Å². The van der Waals surface area contributed by atoms with Crippen LogP contribution in [-0.4, -0.2) is 23.5 Å². The summed E-state index contributed by atoms with van der Waals surface area (Å²) in [7, 11) is -4.70. The quantitative estimate of drug-likeness (QED) is 0.166. The van der Waals surface area contributed by atoms with Gasteiger partial charge in [0, 0.05) is 38.2 Å². The van der Waals surface area contributed by atoms with Gasteiger partial charge in [-0.25, -0.2) is 34.7 Å². The largest absolute Gasteiger partial charge is 0.478 e. The summed E-state index contributed by atoms with van der Waals surface area (Å²) in [6, 6.07) is 23.2. The first-order chi connectivity index (χ1) is 23.4. The van der Waals surface area contributed by atoms with E-state index in [9.17, 15) is 46.4 Å². The molecule has 6 aromatic rings. The molecule has 242 valence electrons. The lowest BCUT2D eigenvalue weighted by Crippen LogP contribution is -2.14. The number of carbonyl (C=O) groups is 1. The number of nitriles is 2. The van der Waals surface area contributed by atoms with E-state index in [4.69, 9.17) is 11.6 Å². The Kier molecular flexibility index (Phi) is 8.46. The van der Waals surface area contributed by atoms with E-state index < -0.39 is 50.1 Å². The van der Waals surface area contributed by atoms with Crippen molar-refractivity contribution in [2.24, 2.45) is 0 Å². The lowest BCUT2D eigenvalue weighted by Gasteiger charge is -2.16. The Morgan fingerprint density at radius 3 is 2.06 bits per heavy atom. The number of benzene rings is 5. The highest BCUT2D eigenvalue weighted by Gasteiger charge is 2.31. The van der Waals surface area contributed by atoms with E-state index in [0.717, 1.165) is 52.5 Å². The monoisotopic (exact) mass is 699 g/mol. The predicted octanol–water partition coefficient (Wildman–Crippen LogP) is 9.19. The minimum absolute atomic E-state index is 0.000360. The summed E-state index contributed by atoms with van der Waals surface area (Å²) in [6.45, 7) is 0. The fourth-order valence-electron chi connectivity index (χ4n) is 5.66. The highest BCUT2D eigenvalue weighted by atomic mass is 35.5. The van der Waals surface area contributed by atoms with Crippen molar-refractivity contribution in [2.75, 3.05) is 0 Å². The van der Waals surface area contributed by atoms with Gasteiger partial charge in [0.1, 0.15) is 11.6 Å². The first-order valence-electron chi connectivity index (χ1n) is 14.1. The first kappa shape index (κ1) is 33.0. The minimum Gasteiger partial charge on any atom is -0.478 e. The fourth-order valence-corrected chi connectivity index (χ4v) is 7.48. The van der Waals surface area contributed by atoms with Crippen molar-refractivity contribution in [3.63, 3.8) is 0 Å². The van der Waals surface area contributed by atoms with Crippen LogP contribution in [0.25, 0.3) is 44.4 Å². The van der Waals surface area contributed by atoms with Gasteiger partial charge in [-0.05, 0) is 66.2 Å². The van der Waals surface area contributed by atoms with Crippen LogP contribution in [0.4, 0.5) is 17.6 Å². The van der Waals surface area contributed by atoms with E-state index in [1.165, 1.54) is 48.5 Å². The van der Waals surface area contributed by atoms with E-state index in [1.54, 1.807) is 0 Å². The Balaban J connectivity index is 1.77. The van der Waals surface area contributed by atoms with E-state index in [0.29, 0.717) is 0 Å². The van der Waals surface area contributed by atoms with Crippen LogP contribution in [0, 0.1) is 34.3 Å². The molecule has 0 saturated heterocycles. The summed E-state index contributed by atoms with van der Waals surface area (Å²) in [5.41, 5.74) is -0.983. The summed E-state index contributed by atoms with van der Waals surface area (Å²) in [6.07, 6.45) is -2.87. The topological polar surface area (TPSA) is 124 Å². The number of carboxylic acids is 1. The van der Waals surface area contributed by atoms with Crippen molar-refractivity contribution in [2.45, 2.75) is 11.3 Å². The van der Waals surface area contributed by atoms with Gasteiger partial charge in [0.05, 0.1) is 44.9 Å². The summed E-state index contributed by atoms with van der Waals surface area (Å²) in [5.74, 6) is -3.39. The van der Waals surface area contributed by atoms with Gasteiger partial charge in [-0.15, -0.1) is 0 Å². The van der Waals surface area contributed by atoms with Gasteiger partial charge in [-0.1, -0.05) is 48.0 Å². The Bertz CT molecular complexity index is 2510. The van der Waals surface area contributed by atoms with Crippen molar-refractivity contribution in [3.8, 4) is 45.6 Å². The van der Waals surface area contributed by atoms with E-state index in [2.05, 4.69) is 0 Å². The molecular weight excluding hydrogens is 682 g/mol. The molecule has 0 aliphatic carbocycles. The van der Waals surface area contributed by atoms with E-state index in [-0.39, 0.29) is 60.6 Å². The van der Waals surface area contributed by atoms with Gasteiger partial charge in [0.25, 0.3) is 16.4 Å². The maximum atomic E-state index is 15.0. The molecule has 7 nitrogen and oxygen atoms in total. The van der Waals surface area contributed by atoms with Crippen LogP contribution >= 0.6 is 11.6 Å². The molecule has 13 heteroatoms. The average molecular weight is 700 g/mol. The molecule has 0 saturated carbocycles. The number of halogens is 5. The number of aromatic carboxylic acids is 1. The molecule has 0 bridgehead atoms. The molecular formula is C36H18ClF4N3O4S. The van der Waals surface area contributed by atoms with Crippen LogP contribution in [0.2, 0.25) is 5.02 Å². The van der Waals surface area contributed by atoms with Crippen LogP contribution in [0.15, 0.2) is 102 Å². The number of carboxylic acid groups (broad SMARTS) is 1. The number of aromatic nitrogens is 1. The third kappa shape index (κ3) is 5.67. The van der Waals surface area contributed by atoms with Crippen LogP contribution in [0.1, 0.15) is 33.5 Å². The van der Waals surface area contributed by atoms with Gasteiger partial charge in [-0.3, -0.25) is 0 Å². The maximum absolute atomic E-state index is 15.0. The average Bonchev–Trinajstić information content (AvgIpc) is 3.43. The summed E-state index contributed by atoms with van der Waals surface area (Å²) < 4.78 is 86.5. The Labute approximate surface area is 281 Å². The fraction of sp³-hybridized carbons (Fsp3) is 0.0278. The Hall–Kier alpha value is -5.95. The summed E-state index contributed by atoms with van der Waals surface area (Å²) >= 11 is 6.39. The molecule has 1 aromatic heterocycles. The molecule has 0 amide bonds. The normalized spacial score (nSPS) is 11.4. The summed E-state index contributed by atoms with van der Waals surface area (Å²) in [5, 5.41) is 29.4. The molecule has 0 atom stereocenters.